The summed E-state index contributed by atoms with van der Waals surface area (Å²) in [6.45, 7) is 8.64. The Kier molecular flexibility index (Phi) is 4.58. The highest BCUT2D eigenvalue weighted by molar-refractivity contribution is 7.19. The molecule has 1 heterocycles. The van der Waals surface area contributed by atoms with Gasteiger partial charge in [0.1, 0.15) is 5.00 Å². The summed E-state index contributed by atoms with van der Waals surface area (Å²) in [5, 5.41) is 4.29. The number of carbonyl (C=O) groups is 1. The van der Waals surface area contributed by atoms with E-state index in [4.69, 9.17) is 10.5 Å². The van der Waals surface area contributed by atoms with Gasteiger partial charge in [0.05, 0.1) is 16.7 Å². The van der Waals surface area contributed by atoms with Crippen LogP contribution in [0.2, 0.25) is 0 Å². The Bertz CT molecular complexity index is 490. The van der Waals surface area contributed by atoms with Crippen LogP contribution in [0.25, 0.3) is 0 Å². The van der Waals surface area contributed by atoms with Crippen molar-refractivity contribution in [2.24, 2.45) is 11.8 Å². The van der Waals surface area contributed by atoms with E-state index in [0.717, 1.165) is 17.5 Å². The van der Waals surface area contributed by atoms with Crippen molar-refractivity contribution in [1.29, 1.82) is 0 Å². The molecule has 0 radical (unpaired) electrons. The zero-order chi connectivity index (χ0) is 14.9. The fourth-order valence-electron chi connectivity index (χ4n) is 1.90. The number of hydrogen-bond acceptors (Lipinski definition) is 5. The topological polar surface area (TPSA) is 64.3 Å². The molecule has 1 fully saturated rings. The van der Waals surface area contributed by atoms with E-state index in [2.05, 4.69) is 5.32 Å². The van der Waals surface area contributed by atoms with E-state index in [1.54, 1.807) is 0 Å². The van der Waals surface area contributed by atoms with Gasteiger partial charge in [0.25, 0.3) is 0 Å². The fraction of sp³-hybridized carbons (Fsp3) is 0.667. The van der Waals surface area contributed by atoms with Crippen molar-refractivity contribution in [1.82, 2.24) is 0 Å². The first kappa shape index (κ1) is 15.2. The number of nitrogens with one attached hydrogen (secondary N) is 1. The Morgan fingerprint density at radius 1 is 1.40 bits per heavy atom. The smallest absolute Gasteiger partial charge is 0.177 e. The summed E-state index contributed by atoms with van der Waals surface area (Å²) in [6.07, 6.45) is 2.60. The van der Waals surface area contributed by atoms with E-state index in [9.17, 15) is 4.79 Å². The van der Waals surface area contributed by atoms with Crippen LogP contribution in [0.1, 0.15) is 50.2 Å². The average Bonchev–Trinajstić information content (AvgIpc) is 3.14. The number of ether oxygens (including phenoxy) is 1. The number of carbonyl (C=O) groups excluding carboxylic acids is 1. The van der Waals surface area contributed by atoms with Gasteiger partial charge in [0.15, 0.2) is 11.5 Å². The van der Waals surface area contributed by atoms with Crippen molar-refractivity contribution in [3.8, 4) is 5.75 Å². The highest BCUT2D eigenvalue weighted by Gasteiger charge is 2.26. The molecule has 0 saturated heterocycles. The van der Waals surface area contributed by atoms with Crippen molar-refractivity contribution in [2.75, 3.05) is 17.6 Å². The minimum Gasteiger partial charge on any atom is -0.486 e. The van der Waals surface area contributed by atoms with Gasteiger partial charge in [-0.05, 0) is 32.6 Å². The van der Waals surface area contributed by atoms with Crippen molar-refractivity contribution in [3.63, 3.8) is 0 Å². The van der Waals surface area contributed by atoms with Gasteiger partial charge in [0, 0.05) is 12.5 Å². The summed E-state index contributed by atoms with van der Waals surface area (Å²) < 4.78 is 5.81. The van der Waals surface area contributed by atoms with Crippen molar-refractivity contribution in [3.05, 3.63) is 4.88 Å². The summed E-state index contributed by atoms with van der Waals surface area (Å²) in [7, 11) is 0. The lowest BCUT2D eigenvalue weighted by Crippen LogP contribution is -2.11. The second kappa shape index (κ2) is 6.04. The number of nitrogen functional groups attached to an aromatic ring is 1. The number of hydrogen-bond donors (Lipinski definition) is 2. The summed E-state index contributed by atoms with van der Waals surface area (Å²) in [6, 6.07) is 0. The Morgan fingerprint density at radius 3 is 2.55 bits per heavy atom. The van der Waals surface area contributed by atoms with E-state index < -0.39 is 0 Å². The molecule has 1 aromatic rings. The molecule has 0 aromatic carbocycles. The third-order valence-corrected chi connectivity index (χ3v) is 4.41. The van der Waals surface area contributed by atoms with Crippen LogP contribution in [-0.2, 0) is 0 Å². The maximum atomic E-state index is 12.2. The zero-order valence-electron chi connectivity index (χ0n) is 12.7. The van der Waals surface area contributed by atoms with Gasteiger partial charge in [-0.1, -0.05) is 13.8 Å². The Morgan fingerprint density at radius 2 is 2.05 bits per heavy atom. The molecule has 0 aliphatic heterocycles. The van der Waals surface area contributed by atoms with Crippen LogP contribution < -0.4 is 15.8 Å². The van der Waals surface area contributed by atoms with Crippen LogP contribution in [0.5, 0.6) is 5.75 Å². The van der Waals surface area contributed by atoms with Crippen LogP contribution in [0.4, 0.5) is 10.7 Å². The van der Waals surface area contributed by atoms with Crippen molar-refractivity contribution in [2.45, 2.75) is 46.6 Å². The Balaban J connectivity index is 2.26. The minimum absolute atomic E-state index is 0.0374. The van der Waals surface area contributed by atoms with E-state index in [1.165, 1.54) is 24.2 Å². The normalized spacial score (nSPS) is 14.9. The molecule has 20 heavy (non-hydrogen) atoms. The van der Waals surface area contributed by atoms with E-state index in [-0.39, 0.29) is 17.8 Å². The zero-order valence-corrected chi connectivity index (χ0v) is 13.5. The molecule has 0 unspecified atom stereocenters. The molecule has 1 aliphatic carbocycles. The quantitative estimate of drug-likeness (QED) is 0.752. The van der Waals surface area contributed by atoms with E-state index in [1.807, 2.05) is 27.7 Å². The number of rotatable bonds is 7. The first-order valence-corrected chi connectivity index (χ1v) is 8.08. The van der Waals surface area contributed by atoms with Crippen LogP contribution in [0.15, 0.2) is 0 Å². The SMILES string of the molecule is CC(C)Oc1c(NCC2CC2)sc(C(=O)C(C)C)c1N. The molecule has 112 valence electrons. The van der Waals surface area contributed by atoms with Crippen LogP contribution in [-0.4, -0.2) is 18.4 Å². The number of Topliss-reactive ketones (excluding diaryl/α,β-unsaturated/α-hetero) is 1. The first-order valence-electron chi connectivity index (χ1n) is 7.27. The number of anilines is 2. The van der Waals surface area contributed by atoms with Gasteiger partial charge >= 0.3 is 0 Å². The van der Waals surface area contributed by atoms with E-state index in [0.29, 0.717) is 16.3 Å². The van der Waals surface area contributed by atoms with Gasteiger partial charge < -0.3 is 15.8 Å². The van der Waals surface area contributed by atoms with Gasteiger partial charge in [-0.25, -0.2) is 0 Å². The summed E-state index contributed by atoms with van der Waals surface area (Å²) in [5.74, 6) is 1.43. The first-order chi connectivity index (χ1) is 9.40. The maximum Gasteiger partial charge on any atom is 0.177 e. The summed E-state index contributed by atoms with van der Waals surface area (Å²) in [5.41, 5.74) is 6.62. The van der Waals surface area contributed by atoms with Crippen molar-refractivity contribution >= 4 is 27.8 Å². The molecule has 2 rings (SSSR count). The molecule has 4 nitrogen and oxygen atoms in total. The highest BCUT2D eigenvalue weighted by Crippen LogP contribution is 2.44. The second-order valence-electron chi connectivity index (χ2n) is 6.01. The average molecular weight is 296 g/mol. The van der Waals surface area contributed by atoms with Crippen LogP contribution in [0.3, 0.4) is 0 Å². The lowest BCUT2D eigenvalue weighted by molar-refractivity contribution is 0.0944. The number of thiophene rings is 1. The van der Waals surface area contributed by atoms with Crippen molar-refractivity contribution < 1.29 is 9.53 Å². The molecular formula is C15H24N2O2S. The third-order valence-electron chi connectivity index (χ3n) is 3.25. The fourth-order valence-corrected chi connectivity index (χ4v) is 3.05. The minimum atomic E-state index is -0.0564. The largest absolute Gasteiger partial charge is 0.486 e. The Labute approximate surface area is 124 Å². The van der Waals surface area contributed by atoms with Crippen LogP contribution >= 0.6 is 11.3 Å². The van der Waals surface area contributed by atoms with Gasteiger partial charge in [-0.2, -0.15) is 0 Å². The van der Waals surface area contributed by atoms with Gasteiger partial charge in [-0.3, -0.25) is 4.79 Å². The van der Waals surface area contributed by atoms with Gasteiger partial charge in [-0.15, -0.1) is 11.3 Å². The van der Waals surface area contributed by atoms with Gasteiger partial charge in [0.2, 0.25) is 0 Å². The summed E-state index contributed by atoms with van der Waals surface area (Å²) >= 11 is 1.42. The number of ketones is 1. The lowest BCUT2D eigenvalue weighted by Gasteiger charge is -2.12. The molecule has 1 aromatic heterocycles. The molecule has 3 N–H and O–H groups in total. The molecule has 0 amide bonds. The second-order valence-corrected chi connectivity index (χ2v) is 7.03. The molecular weight excluding hydrogens is 272 g/mol. The Hall–Kier alpha value is -1.23. The van der Waals surface area contributed by atoms with E-state index >= 15 is 0 Å². The molecule has 0 spiro atoms. The third kappa shape index (κ3) is 3.45. The summed E-state index contributed by atoms with van der Waals surface area (Å²) in [4.78, 5) is 12.8. The highest BCUT2D eigenvalue weighted by atomic mass is 32.1. The monoisotopic (exact) mass is 296 g/mol. The molecule has 5 heteroatoms. The number of nitrogens with two attached hydrogens (primary N) is 1. The molecule has 0 atom stereocenters. The maximum absolute atomic E-state index is 12.2. The predicted molar refractivity (Wildman–Crippen MR) is 84.9 cm³/mol. The van der Waals surface area contributed by atoms with Crippen LogP contribution in [0, 0.1) is 11.8 Å². The molecule has 1 saturated carbocycles. The standard InChI is InChI=1S/C15H24N2O2S/c1-8(2)12(18)14-11(16)13(19-9(3)4)15(20-14)17-7-10-5-6-10/h8-10,17H,5-7,16H2,1-4H3. The predicted octanol–water partition coefficient (Wildman–Crippen LogP) is 3.78. The molecule has 1 aliphatic rings. The lowest BCUT2D eigenvalue weighted by atomic mass is 10.1. The molecule has 0 bridgehead atoms.